The van der Waals surface area contributed by atoms with Gasteiger partial charge < -0.3 is 0 Å². The molecule has 0 spiro atoms. The number of piperidine rings is 1. The Kier molecular flexibility index (Phi) is 4.02. The summed E-state index contributed by atoms with van der Waals surface area (Å²) in [5.41, 5.74) is 1.49. The summed E-state index contributed by atoms with van der Waals surface area (Å²) >= 11 is 5.38. The number of likely N-dealkylation sites (tertiary alicyclic amines) is 1. The van der Waals surface area contributed by atoms with Crippen LogP contribution >= 0.6 is 11.6 Å². The molecule has 0 bridgehead atoms. The Labute approximate surface area is 78.2 Å². The third-order valence-corrected chi connectivity index (χ3v) is 2.58. The standard InChI is InChI=1S/C9H15ClFN/c1-8-3-6-12(5-2-4-10)7-9(8)11/h2,4,8-9H,3,5-7H2,1H3/b4-2+. The summed E-state index contributed by atoms with van der Waals surface area (Å²) in [5.74, 6) is 0.223. The minimum absolute atomic E-state index is 0.223. The van der Waals surface area contributed by atoms with Gasteiger partial charge in [-0.05, 0) is 18.9 Å². The van der Waals surface area contributed by atoms with E-state index in [1.54, 1.807) is 0 Å². The van der Waals surface area contributed by atoms with E-state index in [4.69, 9.17) is 11.6 Å². The zero-order chi connectivity index (χ0) is 8.97. The average Bonchev–Trinajstić information content (AvgIpc) is 2.07. The van der Waals surface area contributed by atoms with E-state index in [1.807, 2.05) is 13.0 Å². The number of rotatable bonds is 2. The van der Waals surface area contributed by atoms with Crippen LogP contribution in [0, 0.1) is 5.92 Å². The first-order valence-corrected chi connectivity index (χ1v) is 4.79. The molecule has 0 aliphatic carbocycles. The molecule has 70 valence electrons. The Bertz CT molecular complexity index is 161. The van der Waals surface area contributed by atoms with Crippen molar-refractivity contribution in [3.05, 3.63) is 11.6 Å². The second-order valence-electron chi connectivity index (χ2n) is 3.40. The van der Waals surface area contributed by atoms with E-state index in [9.17, 15) is 4.39 Å². The summed E-state index contributed by atoms with van der Waals surface area (Å²) < 4.78 is 13.2. The van der Waals surface area contributed by atoms with Gasteiger partial charge in [0.05, 0.1) is 0 Å². The third kappa shape index (κ3) is 2.76. The van der Waals surface area contributed by atoms with Gasteiger partial charge in [0.2, 0.25) is 0 Å². The molecule has 0 saturated carbocycles. The summed E-state index contributed by atoms with van der Waals surface area (Å²) in [6.45, 7) is 4.29. The predicted octanol–water partition coefficient (Wildman–Crippen LogP) is 2.42. The minimum atomic E-state index is -0.664. The summed E-state index contributed by atoms with van der Waals surface area (Å²) in [5, 5.41) is 0. The van der Waals surface area contributed by atoms with E-state index in [0.29, 0.717) is 6.54 Å². The lowest BCUT2D eigenvalue weighted by Crippen LogP contribution is -2.40. The second-order valence-corrected chi connectivity index (χ2v) is 3.66. The van der Waals surface area contributed by atoms with Crippen molar-refractivity contribution < 1.29 is 4.39 Å². The molecule has 0 amide bonds. The number of nitrogens with zero attached hydrogens (tertiary/aromatic N) is 1. The Morgan fingerprint density at radius 2 is 2.42 bits per heavy atom. The smallest absolute Gasteiger partial charge is 0.115 e. The maximum Gasteiger partial charge on any atom is 0.115 e. The van der Waals surface area contributed by atoms with Crippen LogP contribution in [0.15, 0.2) is 11.6 Å². The highest BCUT2D eigenvalue weighted by atomic mass is 35.5. The molecule has 2 unspecified atom stereocenters. The van der Waals surface area contributed by atoms with E-state index >= 15 is 0 Å². The highest BCUT2D eigenvalue weighted by molar-refractivity contribution is 6.25. The highest BCUT2D eigenvalue weighted by Crippen LogP contribution is 2.19. The summed E-state index contributed by atoms with van der Waals surface area (Å²) in [6, 6.07) is 0. The molecule has 1 heterocycles. The minimum Gasteiger partial charge on any atom is -0.297 e. The SMILES string of the molecule is CC1CCN(C/C=C/Cl)CC1F. The van der Waals surface area contributed by atoms with E-state index in [-0.39, 0.29) is 5.92 Å². The molecule has 1 nitrogen and oxygen atoms in total. The van der Waals surface area contributed by atoms with E-state index < -0.39 is 6.17 Å². The van der Waals surface area contributed by atoms with Crippen molar-refractivity contribution >= 4 is 11.6 Å². The van der Waals surface area contributed by atoms with Crippen LogP contribution in [0.25, 0.3) is 0 Å². The Morgan fingerprint density at radius 1 is 1.67 bits per heavy atom. The zero-order valence-corrected chi connectivity index (χ0v) is 8.10. The van der Waals surface area contributed by atoms with Gasteiger partial charge in [-0.3, -0.25) is 4.90 Å². The van der Waals surface area contributed by atoms with Gasteiger partial charge in [-0.2, -0.15) is 0 Å². The molecule has 1 rings (SSSR count). The van der Waals surface area contributed by atoms with Gasteiger partial charge in [0.25, 0.3) is 0 Å². The number of halogens is 2. The van der Waals surface area contributed by atoms with Gasteiger partial charge in [-0.1, -0.05) is 24.6 Å². The molecule has 0 radical (unpaired) electrons. The van der Waals surface area contributed by atoms with Gasteiger partial charge in [-0.15, -0.1) is 0 Å². The van der Waals surface area contributed by atoms with Crippen molar-refractivity contribution in [3.63, 3.8) is 0 Å². The average molecular weight is 192 g/mol. The quantitative estimate of drug-likeness (QED) is 0.648. The molecular weight excluding hydrogens is 177 g/mol. The van der Waals surface area contributed by atoms with Crippen molar-refractivity contribution in [1.29, 1.82) is 0 Å². The van der Waals surface area contributed by atoms with E-state index in [0.717, 1.165) is 19.5 Å². The summed E-state index contributed by atoms with van der Waals surface area (Å²) in [7, 11) is 0. The number of hydrogen-bond acceptors (Lipinski definition) is 1. The summed E-state index contributed by atoms with van der Waals surface area (Å²) in [6.07, 6.45) is 2.14. The van der Waals surface area contributed by atoms with E-state index in [2.05, 4.69) is 4.90 Å². The van der Waals surface area contributed by atoms with Crippen LogP contribution < -0.4 is 0 Å². The molecule has 1 aliphatic rings. The van der Waals surface area contributed by atoms with Crippen LogP contribution in [0.1, 0.15) is 13.3 Å². The maximum atomic E-state index is 13.2. The molecule has 1 fully saturated rings. The second kappa shape index (κ2) is 4.83. The molecule has 0 aromatic heterocycles. The van der Waals surface area contributed by atoms with Gasteiger partial charge in [0.15, 0.2) is 0 Å². The van der Waals surface area contributed by atoms with Gasteiger partial charge in [0, 0.05) is 18.6 Å². The molecule has 1 aliphatic heterocycles. The lowest BCUT2D eigenvalue weighted by molar-refractivity contribution is 0.102. The fourth-order valence-corrected chi connectivity index (χ4v) is 1.52. The highest BCUT2D eigenvalue weighted by Gasteiger charge is 2.24. The Balaban J connectivity index is 2.30. The number of hydrogen-bond donors (Lipinski definition) is 0. The molecule has 0 N–H and O–H groups in total. The van der Waals surface area contributed by atoms with E-state index in [1.165, 1.54) is 5.54 Å². The van der Waals surface area contributed by atoms with Crippen LogP contribution in [0.3, 0.4) is 0 Å². The Morgan fingerprint density at radius 3 is 3.00 bits per heavy atom. The van der Waals surface area contributed by atoms with Gasteiger partial charge in [0.1, 0.15) is 6.17 Å². The molecule has 2 atom stereocenters. The lowest BCUT2D eigenvalue weighted by atomic mass is 9.97. The van der Waals surface area contributed by atoms with Crippen molar-refractivity contribution in [1.82, 2.24) is 4.90 Å². The van der Waals surface area contributed by atoms with Crippen LogP contribution in [-0.2, 0) is 0 Å². The number of alkyl halides is 1. The zero-order valence-electron chi connectivity index (χ0n) is 7.34. The van der Waals surface area contributed by atoms with Crippen molar-refractivity contribution in [2.45, 2.75) is 19.5 Å². The molecule has 0 aromatic carbocycles. The largest absolute Gasteiger partial charge is 0.297 e. The lowest BCUT2D eigenvalue weighted by Gasteiger charge is -2.32. The van der Waals surface area contributed by atoms with Gasteiger partial charge in [-0.25, -0.2) is 4.39 Å². The van der Waals surface area contributed by atoms with Crippen molar-refractivity contribution in [2.75, 3.05) is 19.6 Å². The molecule has 12 heavy (non-hydrogen) atoms. The van der Waals surface area contributed by atoms with Crippen LogP contribution in [0.2, 0.25) is 0 Å². The molecule has 1 saturated heterocycles. The molecule has 0 aromatic rings. The topological polar surface area (TPSA) is 3.24 Å². The van der Waals surface area contributed by atoms with Crippen LogP contribution in [0.5, 0.6) is 0 Å². The first-order chi connectivity index (χ1) is 5.74. The monoisotopic (exact) mass is 191 g/mol. The predicted molar refractivity (Wildman–Crippen MR) is 50.1 cm³/mol. The molecule has 3 heteroatoms. The van der Waals surface area contributed by atoms with Crippen LogP contribution in [-0.4, -0.2) is 30.7 Å². The van der Waals surface area contributed by atoms with Gasteiger partial charge >= 0.3 is 0 Å². The molecular formula is C9H15ClFN. The summed E-state index contributed by atoms with van der Waals surface area (Å²) in [4.78, 5) is 2.09. The van der Waals surface area contributed by atoms with Crippen molar-refractivity contribution in [3.8, 4) is 0 Å². The first kappa shape index (κ1) is 10.0. The normalized spacial score (nSPS) is 32.9. The fourth-order valence-electron chi connectivity index (χ4n) is 1.44. The maximum absolute atomic E-state index is 13.2. The Hall–Kier alpha value is -0.0800. The van der Waals surface area contributed by atoms with Crippen LogP contribution in [0.4, 0.5) is 4.39 Å². The fraction of sp³-hybridized carbons (Fsp3) is 0.778. The van der Waals surface area contributed by atoms with Crippen molar-refractivity contribution in [2.24, 2.45) is 5.92 Å². The first-order valence-electron chi connectivity index (χ1n) is 4.35. The third-order valence-electron chi connectivity index (χ3n) is 2.40.